The van der Waals surface area contributed by atoms with Gasteiger partial charge in [0.25, 0.3) is 5.91 Å². The number of aryl methyl sites for hydroxylation is 1. The molecular weight excluding hydrogens is 414 g/mol. The monoisotopic (exact) mass is 443 g/mol. The van der Waals surface area contributed by atoms with Crippen molar-refractivity contribution in [3.8, 4) is 0 Å². The summed E-state index contributed by atoms with van der Waals surface area (Å²) < 4.78 is 28.8. The number of nitrogens with zero attached hydrogens (tertiary/aromatic N) is 5. The van der Waals surface area contributed by atoms with Crippen LogP contribution in [-0.4, -0.2) is 72.6 Å². The number of carbonyl (C=O) groups excluding carboxylic acids is 1. The molecule has 1 saturated carbocycles. The van der Waals surface area contributed by atoms with E-state index < -0.39 is 10.0 Å². The fourth-order valence-corrected chi connectivity index (χ4v) is 6.04. The minimum Gasteiger partial charge on any atom is -0.353 e. The van der Waals surface area contributed by atoms with Crippen molar-refractivity contribution in [2.45, 2.75) is 36.5 Å². The molecule has 0 spiro atoms. The average Bonchev–Trinajstić information content (AvgIpc) is 3.32. The summed E-state index contributed by atoms with van der Waals surface area (Å²) >= 11 is 0. The van der Waals surface area contributed by atoms with E-state index in [0.717, 1.165) is 31.7 Å². The van der Waals surface area contributed by atoms with Gasteiger partial charge in [0, 0.05) is 63.9 Å². The number of amides is 1. The fraction of sp³-hybridized carbons (Fsp3) is 0.545. The lowest BCUT2D eigenvalue weighted by Gasteiger charge is -2.35. The molecule has 3 heterocycles. The molecule has 9 heteroatoms. The molecule has 0 bridgehead atoms. The van der Waals surface area contributed by atoms with E-state index in [9.17, 15) is 13.2 Å². The Hall–Kier alpha value is -2.39. The summed E-state index contributed by atoms with van der Waals surface area (Å²) in [4.78, 5) is 17.4. The minimum absolute atomic E-state index is 0.0477. The molecule has 166 valence electrons. The highest BCUT2D eigenvalue weighted by Crippen LogP contribution is 2.40. The number of benzene rings is 1. The Morgan fingerprint density at radius 1 is 0.968 bits per heavy atom. The third-order valence-electron chi connectivity index (χ3n) is 6.56. The largest absolute Gasteiger partial charge is 0.353 e. The number of rotatable bonds is 5. The van der Waals surface area contributed by atoms with Gasteiger partial charge in [0.1, 0.15) is 5.82 Å². The SMILES string of the molecule is Cn1nc(C2CC2)cc1N1CCN(C(=O)c2ccc(S(=O)(=O)N3CCCC3)cc2)CC1. The zero-order valence-corrected chi connectivity index (χ0v) is 18.7. The number of aromatic nitrogens is 2. The molecule has 3 aliphatic rings. The molecule has 0 unspecified atom stereocenters. The van der Waals surface area contributed by atoms with E-state index in [1.165, 1.54) is 22.8 Å². The van der Waals surface area contributed by atoms with Crippen LogP contribution in [0.4, 0.5) is 5.82 Å². The Balaban J connectivity index is 1.22. The quantitative estimate of drug-likeness (QED) is 0.707. The molecule has 0 radical (unpaired) electrons. The van der Waals surface area contributed by atoms with E-state index in [2.05, 4.69) is 16.1 Å². The standard InChI is InChI=1S/C22H29N5O3S/c1-24-21(16-20(23-24)17-4-5-17)25-12-14-26(15-13-25)22(28)18-6-8-19(9-7-18)31(29,30)27-10-2-3-11-27/h6-9,16-17H,2-5,10-15H2,1H3. The Morgan fingerprint density at radius 2 is 1.61 bits per heavy atom. The molecule has 2 aromatic rings. The molecule has 3 fully saturated rings. The molecule has 2 aliphatic heterocycles. The van der Waals surface area contributed by atoms with Crippen LogP contribution in [0.2, 0.25) is 0 Å². The highest BCUT2D eigenvalue weighted by Gasteiger charge is 2.30. The molecule has 1 aromatic carbocycles. The summed E-state index contributed by atoms with van der Waals surface area (Å²) in [7, 11) is -1.47. The van der Waals surface area contributed by atoms with Gasteiger partial charge in [-0.15, -0.1) is 0 Å². The maximum atomic E-state index is 13.0. The molecule has 1 amide bonds. The highest BCUT2D eigenvalue weighted by atomic mass is 32.2. The topological polar surface area (TPSA) is 78.8 Å². The number of piperazine rings is 1. The van der Waals surface area contributed by atoms with E-state index >= 15 is 0 Å². The molecule has 0 atom stereocenters. The first-order valence-electron chi connectivity index (χ1n) is 11.1. The van der Waals surface area contributed by atoms with Crippen molar-refractivity contribution in [1.29, 1.82) is 0 Å². The van der Waals surface area contributed by atoms with Gasteiger partial charge in [0.2, 0.25) is 10.0 Å². The van der Waals surface area contributed by atoms with Crippen molar-refractivity contribution >= 4 is 21.7 Å². The lowest BCUT2D eigenvalue weighted by Crippen LogP contribution is -2.49. The summed E-state index contributed by atoms with van der Waals surface area (Å²) in [6.07, 6.45) is 4.28. The second-order valence-electron chi connectivity index (χ2n) is 8.74. The number of sulfonamides is 1. The van der Waals surface area contributed by atoms with Gasteiger partial charge in [0.05, 0.1) is 10.6 Å². The van der Waals surface area contributed by atoms with Crippen LogP contribution in [-0.2, 0) is 17.1 Å². The van der Waals surface area contributed by atoms with E-state index in [1.807, 2.05) is 16.6 Å². The van der Waals surface area contributed by atoms with Crippen LogP contribution in [0.25, 0.3) is 0 Å². The zero-order chi connectivity index (χ0) is 21.6. The fourth-order valence-electron chi connectivity index (χ4n) is 4.52. The van der Waals surface area contributed by atoms with Crippen molar-refractivity contribution in [1.82, 2.24) is 19.0 Å². The Labute approximate surface area is 183 Å². The first-order chi connectivity index (χ1) is 14.9. The second-order valence-corrected chi connectivity index (χ2v) is 10.7. The Morgan fingerprint density at radius 3 is 2.23 bits per heavy atom. The first kappa shape index (κ1) is 20.5. The van der Waals surface area contributed by atoms with Crippen molar-refractivity contribution in [3.05, 3.63) is 41.6 Å². The Kier molecular flexibility index (Phi) is 5.26. The van der Waals surface area contributed by atoms with Crippen LogP contribution >= 0.6 is 0 Å². The van der Waals surface area contributed by atoms with Gasteiger partial charge in [-0.2, -0.15) is 9.40 Å². The molecule has 1 aliphatic carbocycles. The number of hydrogen-bond acceptors (Lipinski definition) is 5. The minimum atomic E-state index is -3.45. The van der Waals surface area contributed by atoms with E-state index in [0.29, 0.717) is 37.7 Å². The van der Waals surface area contributed by atoms with Gasteiger partial charge < -0.3 is 9.80 Å². The van der Waals surface area contributed by atoms with E-state index in [-0.39, 0.29) is 10.8 Å². The van der Waals surface area contributed by atoms with Gasteiger partial charge in [-0.05, 0) is 49.9 Å². The van der Waals surface area contributed by atoms with Crippen molar-refractivity contribution in [3.63, 3.8) is 0 Å². The summed E-state index contributed by atoms with van der Waals surface area (Å²) in [5.41, 5.74) is 1.71. The van der Waals surface area contributed by atoms with Crippen LogP contribution in [0.5, 0.6) is 0 Å². The van der Waals surface area contributed by atoms with Gasteiger partial charge in [-0.25, -0.2) is 8.42 Å². The third kappa shape index (κ3) is 3.96. The summed E-state index contributed by atoms with van der Waals surface area (Å²) in [5, 5.41) is 4.65. The molecule has 2 saturated heterocycles. The van der Waals surface area contributed by atoms with Crippen LogP contribution in [0, 0.1) is 0 Å². The van der Waals surface area contributed by atoms with Crippen molar-refractivity contribution in [2.24, 2.45) is 7.05 Å². The summed E-state index contributed by atoms with van der Waals surface area (Å²) in [6, 6.07) is 8.59. The molecule has 1 aromatic heterocycles. The lowest BCUT2D eigenvalue weighted by atomic mass is 10.2. The number of hydrogen-bond donors (Lipinski definition) is 0. The third-order valence-corrected chi connectivity index (χ3v) is 8.48. The lowest BCUT2D eigenvalue weighted by molar-refractivity contribution is 0.0746. The molecule has 5 rings (SSSR count). The van der Waals surface area contributed by atoms with Gasteiger partial charge in [-0.1, -0.05) is 0 Å². The summed E-state index contributed by atoms with van der Waals surface area (Å²) in [6.45, 7) is 3.94. The van der Waals surface area contributed by atoms with Gasteiger partial charge in [0.15, 0.2) is 0 Å². The van der Waals surface area contributed by atoms with Crippen LogP contribution < -0.4 is 4.90 Å². The van der Waals surface area contributed by atoms with Crippen LogP contribution in [0.15, 0.2) is 35.2 Å². The predicted molar refractivity (Wildman–Crippen MR) is 118 cm³/mol. The van der Waals surface area contributed by atoms with Crippen LogP contribution in [0.3, 0.4) is 0 Å². The van der Waals surface area contributed by atoms with Crippen molar-refractivity contribution in [2.75, 3.05) is 44.2 Å². The van der Waals surface area contributed by atoms with Crippen molar-refractivity contribution < 1.29 is 13.2 Å². The number of anilines is 1. The zero-order valence-electron chi connectivity index (χ0n) is 17.9. The molecule has 8 nitrogen and oxygen atoms in total. The predicted octanol–water partition coefficient (Wildman–Crippen LogP) is 2.04. The first-order valence-corrected chi connectivity index (χ1v) is 12.6. The summed E-state index contributed by atoms with van der Waals surface area (Å²) in [5.74, 6) is 1.69. The number of carbonyl (C=O) groups is 1. The van der Waals surface area contributed by atoms with Crippen LogP contribution in [0.1, 0.15) is 47.7 Å². The maximum absolute atomic E-state index is 13.0. The van der Waals surface area contributed by atoms with Gasteiger partial charge >= 0.3 is 0 Å². The van der Waals surface area contributed by atoms with E-state index in [4.69, 9.17) is 0 Å². The van der Waals surface area contributed by atoms with E-state index in [1.54, 1.807) is 24.3 Å². The van der Waals surface area contributed by atoms with Gasteiger partial charge in [-0.3, -0.25) is 9.48 Å². The molecular formula is C22H29N5O3S. The normalized spacial score (nSPS) is 20.4. The maximum Gasteiger partial charge on any atom is 0.253 e. The average molecular weight is 444 g/mol. The smallest absolute Gasteiger partial charge is 0.253 e. The Bertz CT molecular complexity index is 1060. The molecule has 0 N–H and O–H groups in total. The second kappa shape index (κ2) is 7.94. The highest BCUT2D eigenvalue weighted by molar-refractivity contribution is 7.89. The molecule has 31 heavy (non-hydrogen) atoms.